The minimum Gasteiger partial charge on any atom is -0.478 e. The highest BCUT2D eigenvalue weighted by molar-refractivity contribution is 7.21. The van der Waals surface area contributed by atoms with Gasteiger partial charge in [-0.25, -0.2) is 4.79 Å². The molecule has 0 unspecified atom stereocenters. The van der Waals surface area contributed by atoms with Crippen molar-refractivity contribution < 1.29 is 14.7 Å². The topological polar surface area (TPSA) is 84.2 Å². The molecule has 6 nitrogen and oxygen atoms in total. The number of aryl methyl sites for hydroxylation is 3. The van der Waals surface area contributed by atoms with Crippen LogP contribution in [0.3, 0.4) is 0 Å². The molecule has 0 saturated carbocycles. The van der Waals surface area contributed by atoms with Crippen molar-refractivity contribution in [3.8, 4) is 0 Å². The van der Waals surface area contributed by atoms with Gasteiger partial charge in [0.15, 0.2) is 0 Å². The molecule has 0 aliphatic heterocycles. The van der Waals surface area contributed by atoms with Crippen LogP contribution >= 0.6 is 22.7 Å². The van der Waals surface area contributed by atoms with Crippen molar-refractivity contribution in [1.29, 1.82) is 0 Å². The molecule has 0 fully saturated rings. The molecular formula is C16H17N3O3S2. The van der Waals surface area contributed by atoms with E-state index in [0.29, 0.717) is 16.3 Å². The van der Waals surface area contributed by atoms with Crippen molar-refractivity contribution in [2.45, 2.75) is 27.2 Å². The lowest BCUT2D eigenvalue weighted by atomic mass is 10.1. The predicted octanol–water partition coefficient (Wildman–Crippen LogP) is 3.83. The van der Waals surface area contributed by atoms with Crippen molar-refractivity contribution in [2.75, 3.05) is 5.32 Å². The third-order valence-corrected chi connectivity index (χ3v) is 6.19. The number of aromatic carboxylic acids is 1. The number of nitrogens with one attached hydrogen (secondary N) is 1. The quantitative estimate of drug-likeness (QED) is 0.738. The number of thiophene rings is 2. The van der Waals surface area contributed by atoms with E-state index in [0.717, 1.165) is 26.4 Å². The van der Waals surface area contributed by atoms with E-state index in [4.69, 9.17) is 0 Å². The summed E-state index contributed by atoms with van der Waals surface area (Å²) >= 11 is 2.66. The van der Waals surface area contributed by atoms with Crippen LogP contribution in [0.2, 0.25) is 0 Å². The van der Waals surface area contributed by atoms with Gasteiger partial charge < -0.3 is 10.4 Å². The molecule has 0 aliphatic carbocycles. The number of hydrogen-bond acceptors (Lipinski definition) is 5. The first kappa shape index (κ1) is 16.7. The molecule has 3 aromatic rings. The fraction of sp³-hybridized carbons (Fsp3) is 0.312. The summed E-state index contributed by atoms with van der Waals surface area (Å²) in [7, 11) is 1.84. The summed E-state index contributed by atoms with van der Waals surface area (Å²) in [5.41, 5.74) is 1.85. The Morgan fingerprint density at radius 3 is 2.62 bits per heavy atom. The number of amides is 1. The van der Waals surface area contributed by atoms with Crippen LogP contribution in [0, 0.1) is 13.8 Å². The van der Waals surface area contributed by atoms with E-state index < -0.39 is 5.97 Å². The lowest BCUT2D eigenvalue weighted by molar-refractivity contribution is 0.0697. The van der Waals surface area contributed by atoms with E-state index in [9.17, 15) is 14.7 Å². The number of hydrogen-bond donors (Lipinski definition) is 2. The van der Waals surface area contributed by atoms with Gasteiger partial charge in [0.2, 0.25) is 0 Å². The number of rotatable bonds is 4. The van der Waals surface area contributed by atoms with Gasteiger partial charge in [-0.2, -0.15) is 5.10 Å². The van der Waals surface area contributed by atoms with Crippen molar-refractivity contribution in [3.05, 3.63) is 32.6 Å². The Morgan fingerprint density at radius 1 is 1.33 bits per heavy atom. The lowest BCUT2D eigenvalue weighted by Gasteiger charge is -2.03. The summed E-state index contributed by atoms with van der Waals surface area (Å²) in [5, 5.41) is 17.9. The fourth-order valence-electron chi connectivity index (χ4n) is 2.80. The summed E-state index contributed by atoms with van der Waals surface area (Å²) < 4.78 is 1.75. The fourth-order valence-corrected chi connectivity index (χ4v) is 4.95. The molecule has 1 amide bonds. The highest BCUT2D eigenvalue weighted by atomic mass is 32.1. The zero-order valence-corrected chi connectivity index (χ0v) is 15.4. The molecular weight excluding hydrogens is 346 g/mol. The molecule has 0 atom stereocenters. The maximum atomic E-state index is 12.6. The van der Waals surface area contributed by atoms with Crippen LogP contribution in [-0.4, -0.2) is 26.8 Å². The van der Waals surface area contributed by atoms with E-state index in [1.807, 2.05) is 27.8 Å². The first-order valence-corrected chi connectivity index (χ1v) is 9.06. The van der Waals surface area contributed by atoms with Crippen molar-refractivity contribution in [1.82, 2.24) is 9.78 Å². The van der Waals surface area contributed by atoms with Gasteiger partial charge in [0.05, 0.1) is 16.1 Å². The van der Waals surface area contributed by atoms with Gasteiger partial charge in [-0.1, -0.05) is 6.92 Å². The van der Waals surface area contributed by atoms with Crippen LogP contribution < -0.4 is 5.32 Å². The Kier molecular flexibility index (Phi) is 4.18. The number of carbonyl (C=O) groups is 2. The van der Waals surface area contributed by atoms with E-state index in [1.165, 1.54) is 22.7 Å². The molecule has 3 heterocycles. The van der Waals surface area contributed by atoms with Gasteiger partial charge >= 0.3 is 5.97 Å². The molecule has 24 heavy (non-hydrogen) atoms. The Bertz CT molecular complexity index is 931. The summed E-state index contributed by atoms with van der Waals surface area (Å²) in [6.07, 6.45) is 0.619. The molecule has 0 bridgehead atoms. The van der Waals surface area contributed by atoms with Gasteiger partial charge in [0, 0.05) is 17.3 Å². The Hall–Kier alpha value is -2.19. The summed E-state index contributed by atoms with van der Waals surface area (Å²) in [5.74, 6) is -1.30. The van der Waals surface area contributed by atoms with E-state index in [1.54, 1.807) is 10.7 Å². The Labute approximate surface area is 146 Å². The molecule has 8 heteroatoms. The van der Waals surface area contributed by atoms with Gasteiger partial charge in [-0.05, 0) is 31.9 Å². The smallest absolute Gasteiger partial charge is 0.339 e. The van der Waals surface area contributed by atoms with Crippen LogP contribution in [0.15, 0.2) is 6.07 Å². The largest absolute Gasteiger partial charge is 0.478 e. The molecule has 0 aliphatic rings. The second kappa shape index (κ2) is 6.03. The number of carboxylic acids is 1. The number of nitrogens with zero attached hydrogens (tertiary/aromatic N) is 2. The van der Waals surface area contributed by atoms with Crippen molar-refractivity contribution in [3.63, 3.8) is 0 Å². The Morgan fingerprint density at radius 2 is 2.04 bits per heavy atom. The average molecular weight is 363 g/mol. The summed E-state index contributed by atoms with van der Waals surface area (Å²) in [4.78, 5) is 26.5. The zero-order chi connectivity index (χ0) is 17.6. The molecule has 3 rings (SSSR count). The number of anilines is 1. The van der Waals surface area contributed by atoms with Gasteiger partial charge in [-0.3, -0.25) is 9.48 Å². The number of fused-ring (bicyclic) bond motifs is 1. The van der Waals surface area contributed by atoms with Crippen LogP contribution in [0.1, 0.15) is 43.1 Å². The van der Waals surface area contributed by atoms with Gasteiger partial charge in [-0.15, -0.1) is 22.7 Å². The van der Waals surface area contributed by atoms with Gasteiger partial charge in [0.25, 0.3) is 5.91 Å². The van der Waals surface area contributed by atoms with Crippen LogP contribution in [-0.2, 0) is 13.5 Å². The van der Waals surface area contributed by atoms with E-state index >= 15 is 0 Å². The second-order valence-electron chi connectivity index (χ2n) is 5.49. The maximum absolute atomic E-state index is 12.6. The normalized spacial score (nSPS) is 11.2. The van der Waals surface area contributed by atoms with Crippen molar-refractivity contribution in [2.24, 2.45) is 7.05 Å². The number of carbonyl (C=O) groups excluding carboxylic acids is 1. The third-order valence-electron chi connectivity index (χ3n) is 3.92. The van der Waals surface area contributed by atoms with Crippen molar-refractivity contribution >= 4 is 49.8 Å². The molecule has 0 aromatic carbocycles. The summed E-state index contributed by atoms with van der Waals surface area (Å²) in [6.45, 7) is 5.68. The molecule has 3 aromatic heterocycles. The predicted molar refractivity (Wildman–Crippen MR) is 96.7 cm³/mol. The monoisotopic (exact) mass is 363 g/mol. The zero-order valence-electron chi connectivity index (χ0n) is 13.8. The minimum atomic E-state index is -1.01. The number of carboxylic acid groups (broad SMARTS) is 1. The highest BCUT2D eigenvalue weighted by Gasteiger charge is 2.23. The minimum absolute atomic E-state index is 0.201. The van der Waals surface area contributed by atoms with Crippen LogP contribution in [0.5, 0.6) is 0 Å². The standard InChI is InChI=1S/C16H17N3O3S2/c1-5-9-8(3)23-14(12(9)16(21)22)17-13(20)11-6-10-7(2)18-19(4)15(10)24-11/h6H,5H2,1-4H3,(H,17,20)(H,21,22). The molecule has 0 spiro atoms. The first-order valence-electron chi connectivity index (χ1n) is 7.43. The van der Waals surface area contributed by atoms with Crippen LogP contribution in [0.25, 0.3) is 10.2 Å². The summed E-state index contributed by atoms with van der Waals surface area (Å²) in [6, 6.07) is 1.80. The van der Waals surface area contributed by atoms with Gasteiger partial charge in [0.1, 0.15) is 9.83 Å². The highest BCUT2D eigenvalue weighted by Crippen LogP contribution is 2.35. The third kappa shape index (κ3) is 2.61. The molecule has 0 saturated heterocycles. The SMILES string of the molecule is CCc1c(C)sc(NC(=O)c2cc3c(C)nn(C)c3s2)c1C(=O)O. The molecule has 2 N–H and O–H groups in total. The lowest BCUT2D eigenvalue weighted by Crippen LogP contribution is -2.12. The first-order chi connectivity index (χ1) is 11.3. The molecule has 0 radical (unpaired) electrons. The average Bonchev–Trinajstić information content (AvgIpc) is 3.14. The maximum Gasteiger partial charge on any atom is 0.339 e. The van der Waals surface area contributed by atoms with Crippen LogP contribution in [0.4, 0.5) is 5.00 Å². The molecule has 126 valence electrons. The van der Waals surface area contributed by atoms with E-state index in [-0.39, 0.29) is 11.5 Å². The van der Waals surface area contributed by atoms with E-state index in [2.05, 4.69) is 10.4 Å². The Balaban J connectivity index is 1.97. The second-order valence-corrected chi connectivity index (χ2v) is 7.75. The number of aromatic nitrogens is 2.